The van der Waals surface area contributed by atoms with Gasteiger partial charge in [-0.15, -0.1) is 0 Å². The molecule has 0 bridgehead atoms. The lowest BCUT2D eigenvalue weighted by Gasteiger charge is -2.17. The van der Waals surface area contributed by atoms with Crippen molar-refractivity contribution in [2.75, 3.05) is 13.2 Å². The Bertz CT molecular complexity index is 494. The van der Waals surface area contributed by atoms with Gasteiger partial charge in [0.2, 0.25) is 5.91 Å². The molecular weight excluding hydrogens is 258 g/mol. The predicted molar refractivity (Wildman–Crippen MR) is 73.4 cm³/mol. The van der Waals surface area contributed by atoms with Crippen LogP contribution in [0.25, 0.3) is 0 Å². The monoisotopic (exact) mass is 277 g/mol. The summed E-state index contributed by atoms with van der Waals surface area (Å²) >= 11 is 0. The van der Waals surface area contributed by atoms with Crippen LogP contribution in [0, 0.1) is 12.8 Å². The molecule has 0 unspecified atom stereocenters. The van der Waals surface area contributed by atoms with E-state index < -0.39 is 12.0 Å². The number of hydrogen-bond acceptors (Lipinski definition) is 3. The molecule has 2 N–H and O–H groups in total. The van der Waals surface area contributed by atoms with Crippen LogP contribution in [0.2, 0.25) is 0 Å². The average Bonchev–Trinajstić information content (AvgIpc) is 2.94. The second-order valence-corrected chi connectivity index (χ2v) is 5.09. The van der Waals surface area contributed by atoms with Gasteiger partial charge in [-0.25, -0.2) is 4.79 Å². The van der Waals surface area contributed by atoms with Crippen molar-refractivity contribution >= 4 is 11.9 Å². The number of nitrogens with one attached hydrogen (secondary N) is 1. The molecule has 5 heteroatoms. The number of ether oxygens (including phenoxy) is 1. The Labute approximate surface area is 117 Å². The van der Waals surface area contributed by atoms with Crippen LogP contribution in [0.15, 0.2) is 24.3 Å². The van der Waals surface area contributed by atoms with Crippen LogP contribution in [-0.2, 0) is 20.7 Å². The van der Waals surface area contributed by atoms with Crippen LogP contribution >= 0.6 is 0 Å². The summed E-state index contributed by atoms with van der Waals surface area (Å²) in [6.07, 6.45) is 0.948. The maximum Gasteiger partial charge on any atom is 0.326 e. The fraction of sp³-hybridized carbons (Fsp3) is 0.467. The van der Waals surface area contributed by atoms with Gasteiger partial charge in [-0.1, -0.05) is 24.3 Å². The summed E-state index contributed by atoms with van der Waals surface area (Å²) in [5, 5.41) is 11.9. The van der Waals surface area contributed by atoms with E-state index in [4.69, 9.17) is 4.74 Å². The normalized spacial score (nSPS) is 19.6. The van der Waals surface area contributed by atoms with E-state index in [1.54, 1.807) is 0 Å². The maximum absolute atomic E-state index is 12.0. The Kier molecular flexibility index (Phi) is 4.74. The van der Waals surface area contributed by atoms with E-state index in [9.17, 15) is 14.7 Å². The summed E-state index contributed by atoms with van der Waals surface area (Å²) in [7, 11) is 0. The van der Waals surface area contributed by atoms with Crippen molar-refractivity contribution in [1.29, 1.82) is 0 Å². The number of carboxylic acid groups (broad SMARTS) is 1. The number of aliphatic carboxylic acids is 1. The molecule has 1 heterocycles. The minimum absolute atomic E-state index is 0.228. The Morgan fingerprint density at radius 1 is 1.45 bits per heavy atom. The van der Waals surface area contributed by atoms with Gasteiger partial charge in [0.25, 0.3) is 0 Å². The number of carbonyl (C=O) groups is 2. The van der Waals surface area contributed by atoms with Crippen molar-refractivity contribution < 1.29 is 19.4 Å². The first-order chi connectivity index (χ1) is 9.58. The topological polar surface area (TPSA) is 75.6 Å². The molecule has 1 aliphatic heterocycles. The molecule has 0 spiro atoms. The minimum atomic E-state index is -1.01. The Balaban J connectivity index is 2.02. The summed E-state index contributed by atoms with van der Waals surface area (Å²) in [6, 6.07) is 6.69. The van der Waals surface area contributed by atoms with E-state index in [0.717, 1.165) is 11.1 Å². The van der Waals surface area contributed by atoms with Gasteiger partial charge >= 0.3 is 5.97 Å². The number of amides is 1. The number of rotatable bonds is 5. The molecule has 1 aromatic rings. The molecule has 0 radical (unpaired) electrons. The molecule has 1 fully saturated rings. The van der Waals surface area contributed by atoms with E-state index in [0.29, 0.717) is 26.1 Å². The maximum atomic E-state index is 12.0. The van der Waals surface area contributed by atoms with Crippen LogP contribution in [0.4, 0.5) is 0 Å². The molecule has 5 nitrogen and oxygen atoms in total. The smallest absolute Gasteiger partial charge is 0.326 e. The second kappa shape index (κ2) is 6.52. The number of hydrogen-bond donors (Lipinski definition) is 2. The zero-order chi connectivity index (χ0) is 14.5. The molecule has 2 rings (SSSR count). The lowest BCUT2D eigenvalue weighted by atomic mass is 10.00. The molecule has 1 amide bonds. The Hall–Kier alpha value is -1.88. The van der Waals surface area contributed by atoms with Crippen molar-refractivity contribution in [3.05, 3.63) is 35.4 Å². The molecule has 1 saturated heterocycles. The highest BCUT2D eigenvalue weighted by Crippen LogP contribution is 2.14. The Morgan fingerprint density at radius 2 is 2.20 bits per heavy atom. The third kappa shape index (κ3) is 3.57. The molecule has 1 aliphatic rings. The first kappa shape index (κ1) is 14.5. The van der Waals surface area contributed by atoms with E-state index in [-0.39, 0.29) is 11.8 Å². The minimum Gasteiger partial charge on any atom is -0.480 e. The van der Waals surface area contributed by atoms with Gasteiger partial charge < -0.3 is 15.2 Å². The van der Waals surface area contributed by atoms with Crippen LogP contribution in [0.5, 0.6) is 0 Å². The lowest BCUT2D eigenvalue weighted by molar-refractivity contribution is -0.142. The van der Waals surface area contributed by atoms with Crippen LogP contribution in [-0.4, -0.2) is 36.2 Å². The van der Waals surface area contributed by atoms with Crippen molar-refractivity contribution in [3.8, 4) is 0 Å². The molecule has 0 aromatic heterocycles. The number of aryl methyl sites for hydroxylation is 1. The predicted octanol–water partition coefficient (Wildman–Crippen LogP) is 1.14. The van der Waals surface area contributed by atoms with Gasteiger partial charge in [0.15, 0.2) is 0 Å². The fourth-order valence-corrected chi connectivity index (χ4v) is 2.29. The van der Waals surface area contributed by atoms with E-state index in [1.807, 2.05) is 31.2 Å². The first-order valence-electron chi connectivity index (χ1n) is 6.73. The fourth-order valence-electron chi connectivity index (χ4n) is 2.29. The third-order valence-corrected chi connectivity index (χ3v) is 3.60. The highest BCUT2D eigenvalue weighted by Gasteiger charge is 2.28. The standard InChI is InChI=1S/C15H19NO4/c1-10-4-2-3-5-11(10)8-13(15(18)19)16-14(17)12-6-7-20-9-12/h2-5,12-13H,6-9H2,1H3,(H,16,17)(H,18,19)/t12-,13-/m0/s1. The van der Waals surface area contributed by atoms with Crippen molar-refractivity contribution in [1.82, 2.24) is 5.32 Å². The average molecular weight is 277 g/mol. The van der Waals surface area contributed by atoms with Crippen molar-refractivity contribution in [2.45, 2.75) is 25.8 Å². The summed E-state index contributed by atoms with van der Waals surface area (Å²) in [6.45, 7) is 2.87. The molecule has 108 valence electrons. The molecule has 0 saturated carbocycles. The largest absolute Gasteiger partial charge is 0.480 e. The summed E-state index contributed by atoms with van der Waals surface area (Å²) in [4.78, 5) is 23.3. The third-order valence-electron chi connectivity index (χ3n) is 3.60. The summed E-state index contributed by atoms with van der Waals surface area (Å²) in [5.41, 5.74) is 1.96. The number of carboxylic acids is 1. The molecule has 0 aliphatic carbocycles. The molecule has 20 heavy (non-hydrogen) atoms. The van der Waals surface area contributed by atoms with Crippen LogP contribution < -0.4 is 5.32 Å². The van der Waals surface area contributed by atoms with Gasteiger partial charge in [0.1, 0.15) is 6.04 Å². The van der Waals surface area contributed by atoms with E-state index in [1.165, 1.54) is 0 Å². The number of benzene rings is 1. The molecular formula is C15H19NO4. The van der Waals surface area contributed by atoms with E-state index in [2.05, 4.69) is 5.32 Å². The number of carbonyl (C=O) groups excluding carboxylic acids is 1. The van der Waals surface area contributed by atoms with Gasteiger partial charge in [-0.2, -0.15) is 0 Å². The van der Waals surface area contributed by atoms with Crippen LogP contribution in [0.3, 0.4) is 0 Å². The molecule has 1 aromatic carbocycles. The first-order valence-corrected chi connectivity index (χ1v) is 6.73. The van der Waals surface area contributed by atoms with Crippen LogP contribution in [0.1, 0.15) is 17.5 Å². The zero-order valence-electron chi connectivity index (χ0n) is 11.5. The zero-order valence-corrected chi connectivity index (χ0v) is 11.5. The second-order valence-electron chi connectivity index (χ2n) is 5.09. The summed E-state index contributed by atoms with van der Waals surface area (Å²) < 4.78 is 5.15. The van der Waals surface area contributed by atoms with Crippen molar-refractivity contribution in [2.24, 2.45) is 5.92 Å². The highest BCUT2D eigenvalue weighted by molar-refractivity contribution is 5.85. The quantitative estimate of drug-likeness (QED) is 0.846. The van der Waals surface area contributed by atoms with E-state index >= 15 is 0 Å². The highest BCUT2D eigenvalue weighted by atomic mass is 16.5. The lowest BCUT2D eigenvalue weighted by Crippen LogP contribution is -2.45. The van der Waals surface area contributed by atoms with Crippen molar-refractivity contribution in [3.63, 3.8) is 0 Å². The molecule has 2 atom stereocenters. The Morgan fingerprint density at radius 3 is 2.80 bits per heavy atom. The van der Waals surface area contributed by atoms with Gasteiger partial charge in [-0.05, 0) is 24.5 Å². The SMILES string of the molecule is Cc1ccccc1C[C@H](NC(=O)[C@H]1CCOC1)C(=O)O. The van der Waals surface area contributed by atoms with Gasteiger partial charge in [0, 0.05) is 13.0 Å². The summed E-state index contributed by atoms with van der Waals surface area (Å²) in [5.74, 6) is -1.47. The van der Waals surface area contributed by atoms with Gasteiger partial charge in [-0.3, -0.25) is 4.79 Å². The van der Waals surface area contributed by atoms with Gasteiger partial charge in [0.05, 0.1) is 12.5 Å².